The maximum atomic E-state index is 11.7. The lowest BCUT2D eigenvalue weighted by atomic mass is 9.97. The number of aliphatic carboxylic acids is 1. The largest absolute Gasteiger partial charge is 0.481 e. The molecular weight excluding hydrogens is 496 g/mol. The molecule has 236 valence electrons. The van der Waals surface area contributed by atoms with Crippen molar-refractivity contribution >= 4 is 11.9 Å². The van der Waals surface area contributed by atoms with Crippen LogP contribution < -0.4 is 0 Å². The minimum Gasteiger partial charge on any atom is -0.481 e. The van der Waals surface area contributed by atoms with E-state index in [4.69, 9.17) is 4.74 Å². The maximum Gasteiger partial charge on any atom is 0.307 e. The van der Waals surface area contributed by atoms with Gasteiger partial charge in [-0.25, -0.2) is 0 Å². The molecule has 0 aliphatic carbocycles. The predicted molar refractivity (Wildman–Crippen MR) is 172 cm³/mol. The third kappa shape index (κ3) is 29.7. The first-order valence-corrected chi connectivity index (χ1v) is 17.6. The molecule has 0 aliphatic rings. The van der Waals surface area contributed by atoms with Crippen LogP contribution in [0.1, 0.15) is 194 Å². The smallest absolute Gasteiger partial charge is 0.307 e. The summed E-state index contributed by atoms with van der Waals surface area (Å²) in [6, 6.07) is 0. The Balaban J connectivity index is 3.27. The quantitative estimate of drug-likeness (QED) is 0.0501. The number of esters is 1. The van der Waals surface area contributed by atoms with Gasteiger partial charge in [0.15, 0.2) is 0 Å². The minimum atomic E-state index is -0.873. The zero-order chi connectivity index (χ0) is 29.4. The molecule has 0 radical (unpaired) electrons. The Morgan fingerprint density at radius 3 is 1.30 bits per heavy atom. The van der Waals surface area contributed by atoms with E-state index in [1.165, 1.54) is 148 Å². The van der Waals surface area contributed by atoms with Crippen LogP contribution in [0.15, 0.2) is 12.2 Å². The highest BCUT2D eigenvalue weighted by Crippen LogP contribution is 2.18. The number of carboxylic acid groups (broad SMARTS) is 1. The predicted octanol–water partition coefficient (Wildman–Crippen LogP) is 11.7. The van der Waals surface area contributed by atoms with Gasteiger partial charge in [-0.15, -0.1) is 0 Å². The first kappa shape index (κ1) is 38.7. The number of hydrogen-bond acceptors (Lipinski definition) is 3. The van der Waals surface area contributed by atoms with E-state index in [1.54, 1.807) is 0 Å². The van der Waals surface area contributed by atoms with E-state index in [0.717, 1.165) is 19.3 Å². The second kappa shape index (κ2) is 32.2. The SMILES string of the molecule is CC/C=C/CCCCCCCCCCCCCCCCCCCCCCCCCC(CC(=O)OCCC)C(=O)O. The molecule has 0 fully saturated rings. The van der Waals surface area contributed by atoms with Crippen molar-refractivity contribution in [2.75, 3.05) is 6.61 Å². The summed E-state index contributed by atoms with van der Waals surface area (Å²) < 4.78 is 5.03. The lowest BCUT2D eigenvalue weighted by Gasteiger charge is -2.11. The van der Waals surface area contributed by atoms with Crippen molar-refractivity contribution in [2.45, 2.75) is 194 Å². The van der Waals surface area contributed by atoms with Crippen molar-refractivity contribution in [2.24, 2.45) is 5.92 Å². The topological polar surface area (TPSA) is 63.6 Å². The first-order valence-electron chi connectivity index (χ1n) is 17.6. The third-order valence-electron chi connectivity index (χ3n) is 8.06. The second-order valence-electron chi connectivity index (χ2n) is 12.0. The molecule has 0 heterocycles. The van der Waals surface area contributed by atoms with Crippen molar-refractivity contribution in [1.29, 1.82) is 0 Å². The Labute approximate surface area is 249 Å². The van der Waals surface area contributed by atoms with Gasteiger partial charge < -0.3 is 9.84 Å². The van der Waals surface area contributed by atoms with E-state index in [-0.39, 0.29) is 12.4 Å². The number of rotatable bonds is 32. The average Bonchev–Trinajstić information content (AvgIpc) is 2.94. The van der Waals surface area contributed by atoms with Crippen molar-refractivity contribution < 1.29 is 19.4 Å². The lowest BCUT2D eigenvalue weighted by molar-refractivity contribution is -0.151. The molecule has 0 aliphatic heterocycles. The van der Waals surface area contributed by atoms with Crippen LogP contribution in [0.2, 0.25) is 0 Å². The van der Waals surface area contributed by atoms with Gasteiger partial charge in [-0.1, -0.05) is 167 Å². The van der Waals surface area contributed by atoms with Crippen molar-refractivity contribution in [1.82, 2.24) is 0 Å². The van der Waals surface area contributed by atoms with E-state index < -0.39 is 11.9 Å². The summed E-state index contributed by atoms with van der Waals surface area (Å²) in [5.41, 5.74) is 0. The Bertz CT molecular complexity index is 571. The Morgan fingerprint density at radius 1 is 0.575 bits per heavy atom. The van der Waals surface area contributed by atoms with E-state index in [2.05, 4.69) is 19.1 Å². The molecule has 1 atom stereocenters. The van der Waals surface area contributed by atoms with Gasteiger partial charge >= 0.3 is 11.9 Å². The lowest BCUT2D eigenvalue weighted by Crippen LogP contribution is -2.19. The summed E-state index contributed by atoms with van der Waals surface area (Å²) >= 11 is 0. The van der Waals surface area contributed by atoms with Gasteiger partial charge in [-0.2, -0.15) is 0 Å². The van der Waals surface area contributed by atoms with Crippen LogP contribution in [0.5, 0.6) is 0 Å². The fraction of sp³-hybridized carbons (Fsp3) is 0.889. The molecule has 0 spiro atoms. The molecule has 4 heteroatoms. The molecule has 0 rings (SSSR count). The number of allylic oxidation sites excluding steroid dienone is 2. The number of carbonyl (C=O) groups excluding carboxylic acids is 1. The maximum absolute atomic E-state index is 11.7. The molecule has 0 aromatic heterocycles. The molecule has 0 saturated heterocycles. The highest BCUT2D eigenvalue weighted by molar-refractivity contribution is 5.78. The molecule has 0 saturated carbocycles. The molecule has 0 aromatic carbocycles. The summed E-state index contributed by atoms with van der Waals surface area (Å²) in [4.78, 5) is 23.1. The Hall–Kier alpha value is -1.32. The average molecular weight is 565 g/mol. The van der Waals surface area contributed by atoms with Crippen LogP contribution in [0.3, 0.4) is 0 Å². The van der Waals surface area contributed by atoms with E-state index in [1.807, 2.05) is 6.92 Å². The van der Waals surface area contributed by atoms with Crippen LogP contribution >= 0.6 is 0 Å². The summed E-state index contributed by atoms with van der Waals surface area (Å²) in [7, 11) is 0. The van der Waals surface area contributed by atoms with Gasteiger partial charge in [-0.3, -0.25) is 9.59 Å². The standard InChI is InChI=1S/C36H68O4/c1-3-5-6-7-8-9-10-11-12-13-14-15-16-17-18-19-20-21-22-23-24-25-26-27-28-29-30-31-34(36(38)39)33-35(37)40-32-4-2/h5-6,34H,3-4,7-33H2,1-2H3,(H,38,39)/b6-5+. The normalized spacial score (nSPS) is 12.2. The van der Waals surface area contributed by atoms with E-state index >= 15 is 0 Å². The summed E-state index contributed by atoms with van der Waals surface area (Å²) in [5.74, 6) is -1.85. The van der Waals surface area contributed by atoms with E-state index in [0.29, 0.717) is 13.0 Å². The van der Waals surface area contributed by atoms with Gasteiger partial charge in [0.2, 0.25) is 0 Å². The molecule has 40 heavy (non-hydrogen) atoms. The fourth-order valence-corrected chi connectivity index (χ4v) is 5.44. The number of ether oxygens (including phenoxy) is 1. The van der Waals surface area contributed by atoms with Gasteiger partial charge in [-0.05, 0) is 32.1 Å². The van der Waals surface area contributed by atoms with Crippen molar-refractivity contribution in [3.8, 4) is 0 Å². The van der Waals surface area contributed by atoms with Crippen LogP contribution in [0.25, 0.3) is 0 Å². The molecule has 0 amide bonds. The summed E-state index contributed by atoms with van der Waals surface area (Å²) in [5, 5.41) is 9.34. The highest BCUT2D eigenvalue weighted by Gasteiger charge is 2.21. The minimum absolute atomic E-state index is 0.00751. The number of unbranched alkanes of at least 4 members (excludes halogenated alkanes) is 23. The van der Waals surface area contributed by atoms with Crippen LogP contribution in [-0.2, 0) is 14.3 Å². The summed E-state index contributed by atoms with van der Waals surface area (Å²) in [6.45, 7) is 4.52. The monoisotopic (exact) mass is 565 g/mol. The fourth-order valence-electron chi connectivity index (χ4n) is 5.44. The molecule has 1 N–H and O–H groups in total. The zero-order valence-electron chi connectivity index (χ0n) is 26.9. The zero-order valence-corrected chi connectivity index (χ0v) is 26.9. The van der Waals surface area contributed by atoms with Crippen LogP contribution in [0.4, 0.5) is 0 Å². The molecule has 0 bridgehead atoms. The van der Waals surface area contributed by atoms with Crippen LogP contribution in [-0.4, -0.2) is 23.7 Å². The highest BCUT2D eigenvalue weighted by atomic mass is 16.5. The summed E-state index contributed by atoms with van der Waals surface area (Å²) in [6.07, 6.45) is 39.6. The van der Waals surface area contributed by atoms with Gasteiger partial charge in [0.1, 0.15) is 0 Å². The molecular formula is C36H68O4. The first-order chi connectivity index (χ1) is 19.6. The van der Waals surface area contributed by atoms with Crippen molar-refractivity contribution in [3.63, 3.8) is 0 Å². The number of hydrogen-bond donors (Lipinski definition) is 1. The molecule has 4 nitrogen and oxygen atoms in total. The molecule has 0 aromatic rings. The number of carbonyl (C=O) groups is 2. The second-order valence-corrected chi connectivity index (χ2v) is 12.0. The van der Waals surface area contributed by atoms with Gasteiger partial charge in [0, 0.05) is 0 Å². The van der Waals surface area contributed by atoms with Gasteiger partial charge in [0.05, 0.1) is 18.9 Å². The Morgan fingerprint density at radius 2 is 0.950 bits per heavy atom. The molecule has 1 unspecified atom stereocenters. The Kier molecular flexibility index (Phi) is 31.1. The number of carboxylic acids is 1. The van der Waals surface area contributed by atoms with Gasteiger partial charge in [0.25, 0.3) is 0 Å². The van der Waals surface area contributed by atoms with Crippen molar-refractivity contribution in [3.05, 3.63) is 12.2 Å². The van der Waals surface area contributed by atoms with Crippen LogP contribution in [0, 0.1) is 5.92 Å². The third-order valence-corrected chi connectivity index (χ3v) is 8.06. The van der Waals surface area contributed by atoms with E-state index in [9.17, 15) is 14.7 Å².